The number of hydrogen-bond acceptors (Lipinski definition) is 1. The minimum Gasteiger partial charge on any atom is -0.328 e. The van der Waals surface area contributed by atoms with Gasteiger partial charge in [-0.05, 0) is 42.3 Å². The number of hydrogen-bond donors (Lipinski definition) is 0. The molecule has 108 valence electrons. The largest absolute Gasteiger partial charge is 0.328 e. The van der Waals surface area contributed by atoms with Crippen molar-refractivity contribution in [3.63, 3.8) is 0 Å². The molecule has 0 bridgehead atoms. The predicted molar refractivity (Wildman–Crippen MR) is 89.3 cm³/mol. The number of benzene rings is 2. The molecule has 2 nitrogen and oxygen atoms in total. The highest BCUT2D eigenvalue weighted by Crippen LogP contribution is 2.23. The van der Waals surface area contributed by atoms with Crippen LogP contribution in [0.2, 0.25) is 10.0 Å². The van der Waals surface area contributed by atoms with Gasteiger partial charge < -0.3 is 4.57 Å². The Bertz CT molecular complexity index is 760. The molecule has 0 aliphatic carbocycles. The van der Waals surface area contributed by atoms with Crippen LogP contribution in [0.25, 0.3) is 11.0 Å². The van der Waals surface area contributed by atoms with Gasteiger partial charge in [-0.15, -0.1) is 0 Å². The third-order valence-corrected chi connectivity index (χ3v) is 4.00. The Morgan fingerprint density at radius 3 is 2.43 bits per heavy atom. The van der Waals surface area contributed by atoms with Crippen molar-refractivity contribution in [3.05, 3.63) is 63.9 Å². The summed E-state index contributed by atoms with van der Waals surface area (Å²) in [5.41, 5.74) is 3.31. The molecule has 0 unspecified atom stereocenters. The molecule has 0 N–H and O–H groups in total. The molecule has 0 saturated heterocycles. The maximum absolute atomic E-state index is 6.07. The second-order valence-corrected chi connectivity index (χ2v) is 5.99. The van der Waals surface area contributed by atoms with Crippen molar-refractivity contribution < 1.29 is 0 Å². The van der Waals surface area contributed by atoms with E-state index in [0.29, 0.717) is 0 Å². The third-order valence-electron chi connectivity index (χ3n) is 3.51. The van der Waals surface area contributed by atoms with Gasteiger partial charge in [0.05, 0.1) is 11.0 Å². The lowest BCUT2D eigenvalue weighted by molar-refractivity contribution is 0.664. The normalized spacial score (nSPS) is 11.2. The van der Waals surface area contributed by atoms with Crippen molar-refractivity contribution in [2.45, 2.75) is 26.3 Å². The minimum atomic E-state index is 0.724. The second-order valence-electron chi connectivity index (χ2n) is 5.12. The number of fused-ring (bicyclic) bond motifs is 1. The number of rotatable bonds is 4. The zero-order valence-electron chi connectivity index (χ0n) is 11.8. The molecule has 0 aliphatic heterocycles. The van der Waals surface area contributed by atoms with Crippen LogP contribution in [0.3, 0.4) is 0 Å². The van der Waals surface area contributed by atoms with E-state index in [1.807, 2.05) is 42.5 Å². The average molecular weight is 319 g/mol. The first-order valence-corrected chi connectivity index (χ1v) is 7.82. The highest BCUT2D eigenvalue weighted by molar-refractivity contribution is 6.31. The van der Waals surface area contributed by atoms with Crippen molar-refractivity contribution in [2.75, 3.05) is 0 Å². The summed E-state index contributed by atoms with van der Waals surface area (Å²) >= 11 is 12.0. The Hall–Kier alpha value is -1.51. The summed E-state index contributed by atoms with van der Waals surface area (Å²) in [5.74, 6) is 1.07. The molecule has 0 spiro atoms. The number of nitrogens with zero attached hydrogens (tertiary/aromatic N) is 2. The van der Waals surface area contributed by atoms with E-state index >= 15 is 0 Å². The molecule has 0 radical (unpaired) electrons. The Kier molecular flexibility index (Phi) is 4.18. The van der Waals surface area contributed by atoms with Gasteiger partial charge in [-0.1, -0.05) is 42.3 Å². The molecule has 0 aliphatic rings. The molecule has 0 saturated carbocycles. The van der Waals surface area contributed by atoms with E-state index in [2.05, 4.69) is 11.5 Å². The van der Waals surface area contributed by atoms with E-state index < -0.39 is 0 Å². The van der Waals surface area contributed by atoms with Crippen LogP contribution in [0.5, 0.6) is 0 Å². The fourth-order valence-electron chi connectivity index (χ4n) is 2.55. The number of halogens is 2. The van der Waals surface area contributed by atoms with Gasteiger partial charge in [0, 0.05) is 23.0 Å². The van der Waals surface area contributed by atoms with E-state index in [0.717, 1.165) is 46.3 Å². The first-order valence-electron chi connectivity index (χ1n) is 7.06. The molecule has 0 fully saturated rings. The Labute approximate surface area is 134 Å². The fourth-order valence-corrected chi connectivity index (χ4v) is 2.84. The molecule has 3 rings (SSSR count). The SMILES string of the molecule is CCCn1c(Cc2ccc(Cl)cc2)nc2cc(Cl)ccc21. The minimum absolute atomic E-state index is 0.724. The van der Waals surface area contributed by atoms with Crippen molar-refractivity contribution in [1.29, 1.82) is 0 Å². The molecular formula is C17H16Cl2N2. The summed E-state index contributed by atoms with van der Waals surface area (Å²) in [7, 11) is 0. The monoisotopic (exact) mass is 318 g/mol. The molecule has 1 heterocycles. The average Bonchev–Trinajstić information content (AvgIpc) is 2.79. The van der Waals surface area contributed by atoms with Gasteiger partial charge in [-0.3, -0.25) is 0 Å². The van der Waals surface area contributed by atoms with Crippen molar-refractivity contribution in [3.8, 4) is 0 Å². The zero-order valence-corrected chi connectivity index (χ0v) is 13.3. The molecule has 21 heavy (non-hydrogen) atoms. The fraction of sp³-hybridized carbons (Fsp3) is 0.235. The van der Waals surface area contributed by atoms with Crippen molar-refractivity contribution in [2.24, 2.45) is 0 Å². The van der Waals surface area contributed by atoms with Crippen molar-refractivity contribution in [1.82, 2.24) is 9.55 Å². The summed E-state index contributed by atoms with van der Waals surface area (Å²) in [5, 5.41) is 1.48. The smallest absolute Gasteiger partial charge is 0.114 e. The van der Waals surface area contributed by atoms with Crippen LogP contribution in [0.4, 0.5) is 0 Å². The number of imidazole rings is 1. The highest BCUT2D eigenvalue weighted by atomic mass is 35.5. The summed E-state index contributed by atoms with van der Waals surface area (Å²) in [6.45, 7) is 3.13. The lowest BCUT2D eigenvalue weighted by atomic mass is 10.1. The summed E-state index contributed by atoms with van der Waals surface area (Å²) in [6, 6.07) is 13.8. The summed E-state index contributed by atoms with van der Waals surface area (Å²) < 4.78 is 2.28. The zero-order chi connectivity index (χ0) is 14.8. The van der Waals surface area contributed by atoms with Gasteiger partial charge in [0.15, 0.2) is 0 Å². The molecule has 4 heteroatoms. The van der Waals surface area contributed by atoms with E-state index in [9.17, 15) is 0 Å². The first kappa shape index (κ1) is 14.4. The maximum atomic E-state index is 6.07. The van der Waals surface area contributed by atoms with Crippen molar-refractivity contribution >= 4 is 34.2 Å². The van der Waals surface area contributed by atoms with Crippen LogP contribution in [0, 0.1) is 0 Å². The van der Waals surface area contributed by atoms with E-state index in [1.54, 1.807) is 0 Å². The van der Waals surface area contributed by atoms with E-state index in [4.69, 9.17) is 28.2 Å². The Balaban J connectivity index is 2.03. The highest BCUT2D eigenvalue weighted by Gasteiger charge is 2.11. The molecule has 0 atom stereocenters. The number of aromatic nitrogens is 2. The molecular weight excluding hydrogens is 303 g/mol. The Morgan fingerprint density at radius 2 is 1.71 bits per heavy atom. The Morgan fingerprint density at radius 1 is 1.00 bits per heavy atom. The molecule has 0 amide bonds. The lowest BCUT2D eigenvalue weighted by Gasteiger charge is -2.08. The van der Waals surface area contributed by atoms with E-state index in [1.165, 1.54) is 5.56 Å². The van der Waals surface area contributed by atoms with Crippen LogP contribution in [0.15, 0.2) is 42.5 Å². The van der Waals surface area contributed by atoms with Gasteiger partial charge in [0.2, 0.25) is 0 Å². The van der Waals surface area contributed by atoms with Gasteiger partial charge in [0.25, 0.3) is 0 Å². The molecule has 2 aromatic carbocycles. The van der Waals surface area contributed by atoms with Crippen LogP contribution in [-0.2, 0) is 13.0 Å². The van der Waals surface area contributed by atoms with Gasteiger partial charge in [-0.25, -0.2) is 4.98 Å². The second kappa shape index (κ2) is 6.08. The summed E-state index contributed by atoms with van der Waals surface area (Å²) in [6.07, 6.45) is 1.87. The van der Waals surface area contributed by atoms with Crippen LogP contribution in [0.1, 0.15) is 24.7 Å². The van der Waals surface area contributed by atoms with Crippen LogP contribution >= 0.6 is 23.2 Å². The molecule has 1 aromatic heterocycles. The maximum Gasteiger partial charge on any atom is 0.114 e. The molecule has 3 aromatic rings. The lowest BCUT2D eigenvalue weighted by Crippen LogP contribution is -2.04. The predicted octanol–water partition coefficient (Wildman–Crippen LogP) is 5.34. The van der Waals surface area contributed by atoms with E-state index in [-0.39, 0.29) is 0 Å². The van der Waals surface area contributed by atoms with Crippen LogP contribution < -0.4 is 0 Å². The van der Waals surface area contributed by atoms with Crippen LogP contribution in [-0.4, -0.2) is 9.55 Å². The number of aryl methyl sites for hydroxylation is 1. The van der Waals surface area contributed by atoms with Gasteiger partial charge in [-0.2, -0.15) is 0 Å². The standard InChI is InChI=1S/C17H16Cl2N2/c1-2-9-21-16-8-7-14(19)11-15(16)20-17(21)10-12-3-5-13(18)6-4-12/h3-8,11H,2,9-10H2,1H3. The van der Waals surface area contributed by atoms with Gasteiger partial charge >= 0.3 is 0 Å². The third kappa shape index (κ3) is 3.07. The van der Waals surface area contributed by atoms with Gasteiger partial charge in [0.1, 0.15) is 5.82 Å². The first-order chi connectivity index (χ1) is 10.2. The topological polar surface area (TPSA) is 17.8 Å². The summed E-state index contributed by atoms with van der Waals surface area (Å²) in [4.78, 5) is 4.76. The quantitative estimate of drug-likeness (QED) is 0.634.